The minimum Gasteiger partial charge on any atom is -0.451 e. The zero-order valence-corrected chi connectivity index (χ0v) is 21.0. The summed E-state index contributed by atoms with van der Waals surface area (Å²) in [5.41, 5.74) is -0.895. The van der Waals surface area contributed by atoms with Crippen molar-refractivity contribution in [2.45, 2.75) is 77.6 Å². The lowest BCUT2D eigenvalue weighted by molar-refractivity contribution is -0.211. The van der Waals surface area contributed by atoms with Crippen molar-refractivity contribution in [3.8, 4) is 0 Å². The van der Waals surface area contributed by atoms with Crippen LogP contribution in [0.15, 0.2) is 5.16 Å². The van der Waals surface area contributed by atoms with E-state index in [1.807, 2.05) is 0 Å². The predicted octanol–water partition coefficient (Wildman–Crippen LogP) is 2.09. The normalized spacial score (nSPS) is 44.3. The molecule has 9 atom stereocenters. The monoisotopic (exact) mass is 504 g/mol. The first-order valence-corrected chi connectivity index (χ1v) is 11.3. The Hall–Kier alpha value is -2.63. The van der Waals surface area contributed by atoms with E-state index in [0.717, 1.165) is 6.92 Å². The Bertz CT molecular complexity index is 925. The molecule has 2 aliphatic heterocycles. The number of carbonyl (C=O) groups excluding carboxylic acids is 4. The van der Waals surface area contributed by atoms with Gasteiger partial charge in [-0.05, 0) is 33.6 Å². The summed E-state index contributed by atoms with van der Waals surface area (Å²) < 4.78 is 46.3. The van der Waals surface area contributed by atoms with Crippen molar-refractivity contribution in [2.24, 2.45) is 40.5 Å². The van der Waals surface area contributed by atoms with Crippen LogP contribution in [0.2, 0.25) is 0 Å². The molecule has 0 aromatic heterocycles. The molecule has 0 bridgehead atoms. The number of carbonyl (C=O) groups is 4. The van der Waals surface area contributed by atoms with Crippen LogP contribution in [0.25, 0.3) is 0 Å². The Balaban J connectivity index is 2.69. The molecule has 0 spiro atoms. The van der Waals surface area contributed by atoms with E-state index in [-0.39, 0.29) is 12.8 Å². The highest BCUT2D eigenvalue weighted by atomic mass is 19.2. The SMILES string of the molecule is CO[C@]1(C)C[C@@H](C)C(=O)[C@H](C)[C@H]2[C@H](/C(N)=N/O)C(=O)O[C@@]2(C)[C@H](F)OC(=O)[C@@](C)(F)C(=O)[C@H](C)C1. The van der Waals surface area contributed by atoms with E-state index >= 15 is 8.78 Å². The minimum atomic E-state index is -3.21. The van der Waals surface area contributed by atoms with Crippen molar-refractivity contribution in [3.63, 3.8) is 0 Å². The molecule has 0 aromatic rings. The van der Waals surface area contributed by atoms with Crippen molar-refractivity contribution in [3.05, 3.63) is 0 Å². The molecule has 2 aliphatic rings. The molecule has 2 fully saturated rings. The number of ether oxygens (including phenoxy) is 3. The van der Waals surface area contributed by atoms with Gasteiger partial charge in [0.1, 0.15) is 11.7 Å². The molecule has 2 saturated heterocycles. The number of halogens is 2. The number of amidine groups is 1. The number of cyclic esters (lactones) is 1. The molecule has 35 heavy (non-hydrogen) atoms. The van der Waals surface area contributed by atoms with Crippen LogP contribution < -0.4 is 5.73 Å². The van der Waals surface area contributed by atoms with Crippen molar-refractivity contribution < 1.29 is 47.4 Å². The Morgan fingerprint density at radius 3 is 2.17 bits per heavy atom. The maximum absolute atomic E-state index is 15.5. The number of hydrogen-bond acceptors (Lipinski definition) is 9. The van der Waals surface area contributed by atoms with Gasteiger partial charge in [-0.1, -0.05) is 25.9 Å². The number of nitrogens with two attached hydrogens (primary N) is 1. The number of oxime groups is 1. The molecule has 0 amide bonds. The molecule has 10 nitrogen and oxygen atoms in total. The molecule has 0 aliphatic carbocycles. The zero-order chi connectivity index (χ0) is 27.1. The highest BCUT2D eigenvalue weighted by Gasteiger charge is 2.64. The van der Waals surface area contributed by atoms with Gasteiger partial charge in [0.25, 0.3) is 12.0 Å². The summed E-state index contributed by atoms with van der Waals surface area (Å²) in [6, 6.07) is 0. The van der Waals surface area contributed by atoms with Gasteiger partial charge in [-0.3, -0.25) is 14.4 Å². The Labute approximate surface area is 202 Å². The second-order valence-corrected chi connectivity index (χ2v) is 10.3. The van der Waals surface area contributed by atoms with E-state index in [0.29, 0.717) is 6.92 Å². The summed E-state index contributed by atoms with van der Waals surface area (Å²) in [4.78, 5) is 51.6. The number of hydrogen-bond donors (Lipinski definition) is 2. The molecule has 0 aromatic carbocycles. The summed E-state index contributed by atoms with van der Waals surface area (Å²) in [6.07, 6.45) is -2.70. The molecular formula is C23H34F2N2O8. The summed E-state index contributed by atoms with van der Waals surface area (Å²) in [6.45, 7) is 7.82. The smallest absolute Gasteiger partial charge is 0.354 e. The number of nitrogens with zero attached hydrogens (tertiary/aromatic N) is 1. The van der Waals surface area contributed by atoms with Crippen molar-refractivity contribution >= 4 is 29.3 Å². The van der Waals surface area contributed by atoms with Crippen molar-refractivity contribution in [2.75, 3.05) is 7.11 Å². The van der Waals surface area contributed by atoms with E-state index in [1.54, 1.807) is 13.8 Å². The maximum Gasteiger partial charge on any atom is 0.354 e. The first kappa shape index (κ1) is 28.6. The van der Waals surface area contributed by atoms with Gasteiger partial charge < -0.3 is 25.2 Å². The average Bonchev–Trinajstić information content (AvgIpc) is 3.06. The van der Waals surface area contributed by atoms with Crippen LogP contribution in [0.5, 0.6) is 0 Å². The van der Waals surface area contributed by atoms with Gasteiger partial charge in [-0.15, -0.1) is 0 Å². The highest BCUT2D eigenvalue weighted by molar-refractivity contribution is 6.07. The standard InChI is InChI=1S/C23H34F2N2O8/c1-10-8-21(4,33-7)9-11(2)16(29)22(5,25)20(31)34-19(24)23(6)14(12(3)15(10)28)13(17(26)27-32)18(30)35-23/h10-14,19,32H,8-9H2,1-7H3,(H2,26,27)/t10-,11-,12-,13-,14+,19-,21-,22+,23-/m1/s1. The van der Waals surface area contributed by atoms with E-state index in [2.05, 4.69) is 9.89 Å². The van der Waals surface area contributed by atoms with Crippen LogP contribution in [-0.4, -0.2) is 64.9 Å². The second-order valence-electron chi connectivity index (χ2n) is 10.3. The Morgan fingerprint density at radius 2 is 1.66 bits per heavy atom. The number of methoxy groups -OCH3 is 1. The molecule has 0 unspecified atom stereocenters. The lowest BCUT2D eigenvalue weighted by atomic mass is 9.69. The van der Waals surface area contributed by atoms with Crippen LogP contribution in [0, 0.1) is 29.6 Å². The third kappa shape index (κ3) is 5.03. The molecular weight excluding hydrogens is 470 g/mol. The van der Waals surface area contributed by atoms with Crippen LogP contribution in [0.3, 0.4) is 0 Å². The first-order valence-electron chi connectivity index (χ1n) is 11.3. The summed E-state index contributed by atoms with van der Waals surface area (Å²) in [5, 5.41) is 12.0. The lowest BCUT2D eigenvalue weighted by Crippen LogP contribution is -2.54. The zero-order valence-electron chi connectivity index (χ0n) is 21.0. The summed E-state index contributed by atoms with van der Waals surface area (Å²) in [7, 11) is 1.38. The number of esters is 2. The molecule has 0 radical (unpaired) electrons. The second kappa shape index (κ2) is 9.79. The largest absolute Gasteiger partial charge is 0.451 e. The van der Waals surface area contributed by atoms with Gasteiger partial charge in [-0.2, -0.15) is 4.39 Å². The van der Waals surface area contributed by atoms with E-state index in [4.69, 9.17) is 15.2 Å². The Morgan fingerprint density at radius 1 is 1.11 bits per heavy atom. The van der Waals surface area contributed by atoms with Crippen molar-refractivity contribution in [1.29, 1.82) is 0 Å². The van der Waals surface area contributed by atoms with Gasteiger partial charge in [0.05, 0.1) is 5.60 Å². The molecule has 2 rings (SSSR count). The fraction of sp³-hybridized carbons (Fsp3) is 0.783. The quantitative estimate of drug-likeness (QED) is 0.144. The summed E-state index contributed by atoms with van der Waals surface area (Å²) in [5.74, 6) is -10.9. The fourth-order valence-electron chi connectivity index (χ4n) is 5.42. The molecule has 198 valence electrons. The molecule has 12 heteroatoms. The number of rotatable bonds is 2. The number of ketones is 2. The van der Waals surface area contributed by atoms with Gasteiger partial charge in [-0.25, -0.2) is 9.18 Å². The van der Waals surface area contributed by atoms with Gasteiger partial charge >= 0.3 is 11.9 Å². The van der Waals surface area contributed by atoms with Crippen LogP contribution in [0.1, 0.15) is 54.4 Å². The van der Waals surface area contributed by atoms with E-state index < -0.39 is 82.2 Å². The number of Topliss-reactive ketones (excluding diaryl/α,β-unsaturated/α-hetero) is 2. The van der Waals surface area contributed by atoms with E-state index in [9.17, 15) is 24.4 Å². The number of fused-ring (bicyclic) bond motifs is 1. The first-order chi connectivity index (χ1) is 16.0. The molecule has 2 heterocycles. The summed E-state index contributed by atoms with van der Waals surface area (Å²) >= 11 is 0. The van der Waals surface area contributed by atoms with E-state index in [1.165, 1.54) is 21.0 Å². The van der Waals surface area contributed by atoms with Crippen LogP contribution in [-0.2, 0) is 33.4 Å². The van der Waals surface area contributed by atoms with Crippen molar-refractivity contribution in [1.82, 2.24) is 0 Å². The van der Waals surface area contributed by atoms with Gasteiger partial charge in [0, 0.05) is 30.8 Å². The fourth-order valence-corrected chi connectivity index (χ4v) is 5.42. The highest BCUT2D eigenvalue weighted by Crippen LogP contribution is 2.47. The molecule has 3 N–H and O–H groups in total. The minimum absolute atomic E-state index is 0.0321. The van der Waals surface area contributed by atoms with Crippen LogP contribution in [0.4, 0.5) is 8.78 Å². The number of alkyl halides is 2. The lowest BCUT2D eigenvalue weighted by Gasteiger charge is -2.39. The third-order valence-corrected chi connectivity index (χ3v) is 7.43. The average molecular weight is 505 g/mol. The van der Waals surface area contributed by atoms with Gasteiger partial charge in [0.15, 0.2) is 17.2 Å². The third-order valence-electron chi connectivity index (χ3n) is 7.43. The molecule has 0 saturated carbocycles. The maximum atomic E-state index is 15.5. The topological polar surface area (TPSA) is 155 Å². The predicted molar refractivity (Wildman–Crippen MR) is 118 cm³/mol. The van der Waals surface area contributed by atoms with Crippen LogP contribution >= 0.6 is 0 Å². The van der Waals surface area contributed by atoms with Gasteiger partial charge in [0.2, 0.25) is 0 Å². The Kier molecular flexibility index (Phi) is 8.00.